The molecule has 1 aromatic rings. The number of hydrogen-bond acceptors (Lipinski definition) is 2. The molecule has 0 saturated carbocycles. The maximum absolute atomic E-state index is 5.98. The molecule has 0 aliphatic carbocycles. The highest BCUT2D eigenvalue weighted by Gasteiger charge is 2.15. The van der Waals surface area contributed by atoms with Gasteiger partial charge in [-0.15, -0.1) is 0 Å². The first kappa shape index (κ1) is 13.3. The molecule has 0 aliphatic heterocycles. The van der Waals surface area contributed by atoms with Crippen LogP contribution in [0.3, 0.4) is 0 Å². The van der Waals surface area contributed by atoms with Gasteiger partial charge in [0.1, 0.15) is 11.9 Å². The summed E-state index contributed by atoms with van der Waals surface area (Å²) in [6, 6.07) is 5.74. The van der Waals surface area contributed by atoms with Gasteiger partial charge in [0.15, 0.2) is 0 Å². The maximum atomic E-state index is 5.98. The number of likely N-dealkylation sites (N-methyl/N-ethyl adjacent to an activating group) is 1. The van der Waals surface area contributed by atoms with Crippen LogP contribution >= 0.6 is 11.6 Å². The Morgan fingerprint density at radius 1 is 1.38 bits per heavy atom. The molecule has 2 nitrogen and oxygen atoms in total. The van der Waals surface area contributed by atoms with Crippen molar-refractivity contribution in [1.82, 2.24) is 5.32 Å². The highest BCUT2D eigenvalue weighted by Crippen LogP contribution is 2.24. The third-order valence-electron chi connectivity index (χ3n) is 2.58. The monoisotopic (exact) mass is 241 g/mol. The summed E-state index contributed by atoms with van der Waals surface area (Å²) in [6.07, 6.45) is 0.169. The average Bonchev–Trinajstić information content (AvgIpc) is 2.22. The van der Waals surface area contributed by atoms with Gasteiger partial charge in [0.05, 0.1) is 0 Å². The number of halogens is 1. The van der Waals surface area contributed by atoms with Crippen molar-refractivity contribution in [2.75, 3.05) is 13.6 Å². The maximum Gasteiger partial charge on any atom is 0.124 e. The molecule has 0 aliphatic rings. The Kier molecular flexibility index (Phi) is 5.10. The Morgan fingerprint density at radius 3 is 2.62 bits per heavy atom. The van der Waals surface area contributed by atoms with Crippen molar-refractivity contribution in [2.45, 2.75) is 26.9 Å². The topological polar surface area (TPSA) is 21.3 Å². The Balaban J connectivity index is 2.80. The van der Waals surface area contributed by atoms with Crippen LogP contribution in [0.1, 0.15) is 19.4 Å². The Labute approximate surface area is 103 Å². The van der Waals surface area contributed by atoms with Crippen molar-refractivity contribution in [3.8, 4) is 5.75 Å². The lowest BCUT2D eigenvalue weighted by Gasteiger charge is -2.23. The summed E-state index contributed by atoms with van der Waals surface area (Å²) in [5.74, 6) is 1.34. The van der Waals surface area contributed by atoms with Crippen LogP contribution in [0.5, 0.6) is 5.75 Å². The normalized spacial score (nSPS) is 12.9. The standard InChI is InChI=1S/C13H20ClNO/c1-9(2)13(8-15-4)16-12-7-11(14)6-5-10(12)3/h5-7,9,13,15H,8H2,1-4H3. The van der Waals surface area contributed by atoms with Crippen LogP contribution in [-0.2, 0) is 0 Å². The molecule has 0 fully saturated rings. The third kappa shape index (κ3) is 3.69. The highest BCUT2D eigenvalue weighted by atomic mass is 35.5. The minimum absolute atomic E-state index is 0.169. The second-order valence-corrected chi connectivity index (χ2v) is 4.80. The van der Waals surface area contributed by atoms with Crippen molar-refractivity contribution in [3.05, 3.63) is 28.8 Å². The van der Waals surface area contributed by atoms with Crippen LogP contribution in [-0.4, -0.2) is 19.7 Å². The summed E-state index contributed by atoms with van der Waals surface area (Å²) in [6.45, 7) is 7.18. The molecule has 90 valence electrons. The Morgan fingerprint density at radius 2 is 2.06 bits per heavy atom. The largest absolute Gasteiger partial charge is 0.489 e. The van der Waals surface area contributed by atoms with Crippen molar-refractivity contribution in [2.24, 2.45) is 5.92 Å². The van der Waals surface area contributed by atoms with Crippen molar-refractivity contribution >= 4 is 11.6 Å². The van der Waals surface area contributed by atoms with E-state index in [2.05, 4.69) is 19.2 Å². The lowest BCUT2D eigenvalue weighted by molar-refractivity contribution is 0.150. The smallest absolute Gasteiger partial charge is 0.124 e. The number of nitrogens with one attached hydrogen (secondary N) is 1. The lowest BCUT2D eigenvalue weighted by Crippen LogP contribution is -2.33. The molecule has 16 heavy (non-hydrogen) atoms. The summed E-state index contributed by atoms with van der Waals surface area (Å²) < 4.78 is 5.98. The Bertz CT molecular complexity index is 339. The predicted molar refractivity (Wildman–Crippen MR) is 69.4 cm³/mol. The molecule has 0 saturated heterocycles. The number of rotatable bonds is 5. The zero-order valence-electron chi connectivity index (χ0n) is 10.4. The van der Waals surface area contributed by atoms with E-state index in [0.29, 0.717) is 10.9 Å². The molecule has 1 unspecified atom stereocenters. The molecule has 1 N–H and O–H groups in total. The number of ether oxygens (including phenoxy) is 1. The fraction of sp³-hybridized carbons (Fsp3) is 0.538. The third-order valence-corrected chi connectivity index (χ3v) is 2.81. The molecule has 0 aromatic heterocycles. The molecule has 0 spiro atoms. The molecule has 0 amide bonds. The first-order valence-corrected chi connectivity index (χ1v) is 5.99. The molecule has 0 radical (unpaired) electrons. The van der Waals surface area contributed by atoms with E-state index in [9.17, 15) is 0 Å². The van der Waals surface area contributed by atoms with E-state index in [-0.39, 0.29) is 6.10 Å². The van der Waals surface area contributed by atoms with Gasteiger partial charge in [0.2, 0.25) is 0 Å². The molecule has 0 bridgehead atoms. The molecular weight excluding hydrogens is 222 g/mol. The van der Waals surface area contributed by atoms with E-state index in [1.807, 2.05) is 32.2 Å². The van der Waals surface area contributed by atoms with Crippen molar-refractivity contribution in [1.29, 1.82) is 0 Å². The Hall–Kier alpha value is -0.730. The number of aryl methyl sites for hydroxylation is 1. The number of hydrogen-bond donors (Lipinski definition) is 1. The van der Waals surface area contributed by atoms with Gasteiger partial charge in [-0.3, -0.25) is 0 Å². The van der Waals surface area contributed by atoms with Gasteiger partial charge in [-0.05, 0) is 37.6 Å². The molecule has 3 heteroatoms. The summed E-state index contributed by atoms with van der Waals surface area (Å²) in [4.78, 5) is 0. The van der Waals surface area contributed by atoms with Gasteiger partial charge in [-0.25, -0.2) is 0 Å². The highest BCUT2D eigenvalue weighted by molar-refractivity contribution is 6.30. The van der Waals surface area contributed by atoms with E-state index >= 15 is 0 Å². The fourth-order valence-corrected chi connectivity index (χ4v) is 1.64. The molecule has 0 heterocycles. The van der Waals surface area contributed by atoms with E-state index in [1.165, 1.54) is 0 Å². The van der Waals surface area contributed by atoms with Crippen LogP contribution in [0.15, 0.2) is 18.2 Å². The van der Waals surface area contributed by atoms with Crippen LogP contribution in [0.4, 0.5) is 0 Å². The summed E-state index contributed by atoms with van der Waals surface area (Å²) >= 11 is 5.96. The van der Waals surface area contributed by atoms with Crippen LogP contribution in [0, 0.1) is 12.8 Å². The quantitative estimate of drug-likeness (QED) is 0.855. The van der Waals surface area contributed by atoms with E-state index in [1.54, 1.807) is 0 Å². The van der Waals surface area contributed by atoms with Gasteiger partial charge < -0.3 is 10.1 Å². The summed E-state index contributed by atoms with van der Waals surface area (Å²) in [7, 11) is 1.93. The zero-order valence-corrected chi connectivity index (χ0v) is 11.1. The summed E-state index contributed by atoms with van der Waals surface area (Å²) in [5.41, 5.74) is 1.12. The second-order valence-electron chi connectivity index (χ2n) is 4.37. The van der Waals surface area contributed by atoms with E-state index in [4.69, 9.17) is 16.3 Å². The minimum Gasteiger partial charge on any atom is -0.489 e. The molecular formula is C13H20ClNO. The first-order valence-electron chi connectivity index (χ1n) is 5.62. The van der Waals surface area contributed by atoms with Crippen LogP contribution in [0.2, 0.25) is 5.02 Å². The number of benzene rings is 1. The lowest BCUT2D eigenvalue weighted by atomic mass is 10.1. The van der Waals surface area contributed by atoms with Crippen LogP contribution < -0.4 is 10.1 Å². The first-order chi connectivity index (χ1) is 7.54. The van der Waals surface area contributed by atoms with Crippen molar-refractivity contribution in [3.63, 3.8) is 0 Å². The van der Waals surface area contributed by atoms with Gasteiger partial charge in [-0.1, -0.05) is 31.5 Å². The van der Waals surface area contributed by atoms with Gasteiger partial charge in [0.25, 0.3) is 0 Å². The van der Waals surface area contributed by atoms with Crippen LogP contribution in [0.25, 0.3) is 0 Å². The molecule has 1 rings (SSSR count). The van der Waals surface area contributed by atoms with Gasteiger partial charge in [0, 0.05) is 11.6 Å². The van der Waals surface area contributed by atoms with Gasteiger partial charge >= 0.3 is 0 Å². The zero-order chi connectivity index (χ0) is 12.1. The SMILES string of the molecule is CNCC(Oc1cc(Cl)ccc1C)C(C)C. The average molecular weight is 242 g/mol. The molecule has 1 aromatic carbocycles. The van der Waals surface area contributed by atoms with Gasteiger partial charge in [-0.2, -0.15) is 0 Å². The van der Waals surface area contributed by atoms with Crippen molar-refractivity contribution < 1.29 is 4.74 Å². The minimum atomic E-state index is 0.169. The predicted octanol–water partition coefficient (Wildman–Crippen LogP) is 3.27. The summed E-state index contributed by atoms with van der Waals surface area (Å²) in [5, 5.41) is 3.86. The molecule has 1 atom stereocenters. The van der Waals surface area contributed by atoms with E-state index in [0.717, 1.165) is 17.9 Å². The second kappa shape index (κ2) is 6.12. The fourth-order valence-electron chi connectivity index (χ4n) is 1.48. The van der Waals surface area contributed by atoms with E-state index < -0.39 is 0 Å².